The lowest BCUT2D eigenvalue weighted by atomic mass is 9.96. The Balaban J connectivity index is 1.73. The molecular weight excluding hydrogens is 404 g/mol. The van der Waals surface area contributed by atoms with Crippen LogP contribution in [-0.4, -0.2) is 26.4 Å². The summed E-state index contributed by atoms with van der Waals surface area (Å²) < 4.78 is 28.0. The molecular formula is C18H25BrN2O3S. The average Bonchev–Trinajstić information content (AvgIpc) is 3.33. The first-order chi connectivity index (χ1) is 12.0. The van der Waals surface area contributed by atoms with E-state index < -0.39 is 10.0 Å². The molecule has 25 heavy (non-hydrogen) atoms. The first-order valence-electron chi connectivity index (χ1n) is 9.08. The number of halogens is 1. The summed E-state index contributed by atoms with van der Waals surface area (Å²) in [4.78, 5) is 12.8. The van der Waals surface area contributed by atoms with Gasteiger partial charge >= 0.3 is 0 Å². The molecule has 1 amide bonds. The summed E-state index contributed by atoms with van der Waals surface area (Å²) in [6.45, 7) is 0. The minimum Gasteiger partial charge on any atom is -0.349 e. The van der Waals surface area contributed by atoms with Crippen molar-refractivity contribution in [3.63, 3.8) is 0 Å². The molecule has 0 spiro atoms. The molecule has 0 saturated heterocycles. The van der Waals surface area contributed by atoms with E-state index in [2.05, 4.69) is 26.0 Å². The molecule has 1 aromatic rings. The van der Waals surface area contributed by atoms with Gasteiger partial charge < -0.3 is 5.32 Å². The lowest BCUT2D eigenvalue weighted by molar-refractivity contribution is 0.0929. The number of rotatable bonds is 5. The largest absolute Gasteiger partial charge is 0.349 e. The third-order valence-corrected chi connectivity index (χ3v) is 7.04. The number of benzene rings is 1. The highest BCUT2D eigenvalue weighted by Crippen LogP contribution is 2.25. The van der Waals surface area contributed by atoms with Crippen molar-refractivity contribution in [3.05, 3.63) is 28.2 Å². The Kier molecular flexibility index (Phi) is 6.17. The molecule has 3 rings (SSSR count). The van der Waals surface area contributed by atoms with Gasteiger partial charge in [-0.2, -0.15) is 0 Å². The Morgan fingerprint density at radius 2 is 1.60 bits per heavy atom. The number of carbonyl (C=O) groups excluding carboxylic acids is 1. The van der Waals surface area contributed by atoms with E-state index in [0.717, 1.165) is 38.5 Å². The minimum atomic E-state index is -3.56. The van der Waals surface area contributed by atoms with Gasteiger partial charge in [-0.25, -0.2) is 13.1 Å². The van der Waals surface area contributed by atoms with E-state index in [0.29, 0.717) is 10.0 Å². The standard InChI is InChI=1S/C18H25BrN2O3S/c19-17-11-10-15(25(23,24)21-14-8-9-14)12-16(17)18(22)20-13-6-4-2-1-3-5-7-13/h10-14,21H,1-9H2,(H,20,22). The quantitative estimate of drug-likeness (QED) is 0.749. The van der Waals surface area contributed by atoms with Crippen LogP contribution in [0.5, 0.6) is 0 Å². The molecule has 2 aliphatic carbocycles. The Hall–Kier alpha value is -0.920. The molecule has 5 nitrogen and oxygen atoms in total. The van der Waals surface area contributed by atoms with Gasteiger partial charge in [-0.3, -0.25) is 4.79 Å². The molecule has 2 saturated carbocycles. The van der Waals surface area contributed by atoms with Gasteiger partial charge in [0, 0.05) is 16.6 Å². The summed E-state index contributed by atoms with van der Waals surface area (Å²) in [5, 5.41) is 3.09. The van der Waals surface area contributed by atoms with Gasteiger partial charge in [-0.15, -0.1) is 0 Å². The van der Waals surface area contributed by atoms with Gasteiger partial charge in [0.2, 0.25) is 10.0 Å². The van der Waals surface area contributed by atoms with E-state index in [1.165, 1.54) is 31.4 Å². The van der Waals surface area contributed by atoms with Crippen molar-refractivity contribution in [2.75, 3.05) is 0 Å². The monoisotopic (exact) mass is 428 g/mol. The van der Waals surface area contributed by atoms with Crippen molar-refractivity contribution in [1.29, 1.82) is 0 Å². The third-order valence-electron chi connectivity index (χ3n) is 4.83. The smallest absolute Gasteiger partial charge is 0.252 e. The van der Waals surface area contributed by atoms with Crippen molar-refractivity contribution in [1.82, 2.24) is 10.0 Å². The Labute approximate surface area is 158 Å². The molecule has 0 aliphatic heterocycles. The van der Waals surface area contributed by atoms with E-state index in [1.807, 2.05) is 0 Å². The molecule has 1 aromatic carbocycles. The zero-order valence-corrected chi connectivity index (χ0v) is 16.7. The van der Waals surface area contributed by atoms with E-state index in [-0.39, 0.29) is 22.9 Å². The van der Waals surface area contributed by atoms with Crippen LogP contribution < -0.4 is 10.0 Å². The normalized spacial score (nSPS) is 19.9. The van der Waals surface area contributed by atoms with Gasteiger partial charge in [-0.05, 0) is 59.8 Å². The number of amides is 1. The maximum absolute atomic E-state index is 12.7. The van der Waals surface area contributed by atoms with Crippen LogP contribution in [0.1, 0.15) is 68.1 Å². The van der Waals surface area contributed by atoms with Crippen LogP contribution >= 0.6 is 15.9 Å². The average molecular weight is 429 g/mol. The van der Waals surface area contributed by atoms with Crippen LogP contribution in [0.2, 0.25) is 0 Å². The highest BCUT2D eigenvalue weighted by molar-refractivity contribution is 9.10. The summed E-state index contributed by atoms with van der Waals surface area (Å²) in [6.07, 6.45) is 9.72. The fourth-order valence-corrected chi connectivity index (χ4v) is 4.96. The Morgan fingerprint density at radius 3 is 2.24 bits per heavy atom. The number of nitrogens with one attached hydrogen (secondary N) is 2. The summed E-state index contributed by atoms with van der Waals surface area (Å²) >= 11 is 3.38. The first-order valence-corrected chi connectivity index (χ1v) is 11.4. The fourth-order valence-electron chi connectivity index (χ4n) is 3.20. The second-order valence-corrected chi connectivity index (χ2v) is 9.62. The maximum Gasteiger partial charge on any atom is 0.252 e. The van der Waals surface area contributed by atoms with E-state index >= 15 is 0 Å². The molecule has 0 radical (unpaired) electrons. The van der Waals surface area contributed by atoms with Crippen molar-refractivity contribution < 1.29 is 13.2 Å². The molecule has 2 fully saturated rings. The predicted molar refractivity (Wildman–Crippen MR) is 101 cm³/mol. The molecule has 7 heteroatoms. The zero-order valence-electron chi connectivity index (χ0n) is 14.3. The molecule has 0 bridgehead atoms. The van der Waals surface area contributed by atoms with Crippen LogP contribution in [0, 0.1) is 0 Å². The summed E-state index contributed by atoms with van der Waals surface area (Å²) in [7, 11) is -3.56. The maximum atomic E-state index is 12.7. The highest BCUT2D eigenvalue weighted by atomic mass is 79.9. The summed E-state index contributed by atoms with van der Waals surface area (Å²) in [5.41, 5.74) is 0.376. The minimum absolute atomic E-state index is 0.0425. The van der Waals surface area contributed by atoms with Crippen molar-refractivity contribution in [2.24, 2.45) is 0 Å². The molecule has 2 aliphatic rings. The second-order valence-electron chi connectivity index (χ2n) is 7.05. The zero-order chi connectivity index (χ0) is 17.9. The lowest BCUT2D eigenvalue weighted by Gasteiger charge is -2.21. The van der Waals surface area contributed by atoms with Gasteiger partial charge in [0.1, 0.15) is 0 Å². The number of hydrogen-bond acceptors (Lipinski definition) is 3. The van der Waals surface area contributed by atoms with Gasteiger partial charge in [-0.1, -0.05) is 32.1 Å². The van der Waals surface area contributed by atoms with Crippen LogP contribution in [0.4, 0.5) is 0 Å². The van der Waals surface area contributed by atoms with Crippen LogP contribution in [0.3, 0.4) is 0 Å². The SMILES string of the molecule is O=C(NC1CCCCCCC1)c1cc(S(=O)(=O)NC2CC2)ccc1Br. The summed E-state index contributed by atoms with van der Waals surface area (Å²) in [5.74, 6) is -0.207. The highest BCUT2D eigenvalue weighted by Gasteiger charge is 2.28. The Morgan fingerprint density at radius 1 is 0.960 bits per heavy atom. The van der Waals surface area contributed by atoms with Crippen molar-refractivity contribution in [3.8, 4) is 0 Å². The van der Waals surface area contributed by atoms with Gasteiger partial charge in [0.05, 0.1) is 10.5 Å². The van der Waals surface area contributed by atoms with Crippen LogP contribution in [0.25, 0.3) is 0 Å². The summed E-state index contributed by atoms with van der Waals surface area (Å²) in [6, 6.07) is 4.84. The first kappa shape index (κ1) is 18.9. The number of hydrogen-bond donors (Lipinski definition) is 2. The third kappa shape index (κ3) is 5.28. The van der Waals surface area contributed by atoms with Crippen LogP contribution in [-0.2, 0) is 10.0 Å². The second kappa shape index (κ2) is 8.18. The molecule has 138 valence electrons. The lowest BCUT2D eigenvalue weighted by Crippen LogP contribution is -2.35. The van der Waals surface area contributed by atoms with Crippen LogP contribution in [0.15, 0.2) is 27.6 Å². The van der Waals surface area contributed by atoms with Crippen molar-refractivity contribution in [2.45, 2.75) is 74.8 Å². The topological polar surface area (TPSA) is 75.3 Å². The van der Waals surface area contributed by atoms with E-state index in [9.17, 15) is 13.2 Å². The predicted octanol–water partition coefficient (Wildman–Crippen LogP) is 3.73. The molecule has 0 atom stereocenters. The molecule has 0 heterocycles. The molecule has 0 aromatic heterocycles. The van der Waals surface area contributed by atoms with E-state index in [1.54, 1.807) is 6.07 Å². The number of carbonyl (C=O) groups is 1. The van der Waals surface area contributed by atoms with E-state index in [4.69, 9.17) is 0 Å². The van der Waals surface area contributed by atoms with Crippen molar-refractivity contribution >= 4 is 31.9 Å². The van der Waals surface area contributed by atoms with Gasteiger partial charge in [0.15, 0.2) is 0 Å². The Bertz CT molecular complexity index is 724. The fraction of sp³-hybridized carbons (Fsp3) is 0.611. The molecule has 0 unspecified atom stereocenters. The number of sulfonamides is 1. The van der Waals surface area contributed by atoms with Gasteiger partial charge in [0.25, 0.3) is 5.91 Å². The molecule has 2 N–H and O–H groups in total.